The number of ether oxygens (including phenoxy) is 1. The second-order valence-corrected chi connectivity index (χ2v) is 10.5. The van der Waals surface area contributed by atoms with Gasteiger partial charge >= 0.3 is 5.97 Å². The Morgan fingerprint density at radius 2 is 1.76 bits per heavy atom. The van der Waals surface area contributed by atoms with Crippen molar-refractivity contribution in [3.05, 3.63) is 75.8 Å². The summed E-state index contributed by atoms with van der Waals surface area (Å²) in [4.78, 5) is 11.0. The second-order valence-electron chi connectivity index (χ2n) is 9.73. The van der Waals surface area contributed by atoms with Gasteiger partial charge in [-0.2, -0.15) is 5.10 Å². The van der Waals surface area contributed by atoms with Crippen molar-refractivity contribution in [3.63, 3.8) is 0 Å². The van der Waals surface area contributed by atoms with Crippen LogP contribution in [0.3, 0.4) is 0 Å². The molecule has 192 valence electrons. The molecule has 5 rings (SSSR count). The molecule has 0 spiro atoms. The van der Waals surface area contributed by atoms with Crippen LogP contribution in [-0.2, 0) is 11.4 Å². The lowest BCUT2D eigenvalue weighted by atomic mass is 9.98. The van der Waals surface area contributed by atoms with Gasteiger partial charge in [0, 0.05) is 10.9 Å². The van der Waals surface area contributed by atoms with Gasteiger partial charge in [-0.3, -0.25) is 9.48 Å². The van der Waals surface area contributed by atoms with Crippen LogP contribution in [0.4, 0.5) is 0 Å². The van der Waals surface area contributed by atoms with E-state index in [1.165, 1.54) is 12.8 Å². The van der Waals surface area contributed by atoms with Gasteiger partial charge in [0.1, 0.15) is 18.1 Å². The number of aromatic hydroxyl groups is 1. The van der Waals surface area contributed by atoms with Crippen LogP contribution < -0.4 is 4.74 Å². The summed E-state index contributed by atoms with van der Waals surface area (Å²) in [5.74, 6) is -0.266. The van der Waals surface area contributed by atoms with E-state index in [9.17, 15) is 9.90 Å². The molecule has 0 amide bonds. The van der Waals surface area contributed by atoms with Crippen LogP contribution in [0.15, 0.2) is 54.6 Å². The van der Waals surface area contributed by atoms with Crippen LogP contribution in [0.1, 0.15) is 62.1 Å². The number of phenols is 1. The molecule has 1 aliphatic carbocycles. The van der Waals surface area contributed by atoms with Gasteiger partial charge in [0.2, 0.25) is 0 Å². The molecule has 8 heteroatoms. The fourth-order valence-corrected chi connectivity index (χ4v) is 5.54. The Balaban J connectivity index is 1.42. The fraction of sp³-hybridized carbons (Fsp3) is 0.310. The number of hydrogen-bond acceptors (Lipinski definition) is 4. The van der Waals surface area contributed by atoms with Crippen LogP contribution in [0.25, 0.3) is 22.2 Å². The first-order chi connectivity index (χ1) is 17.8. The smallest absolute Gasteiger partial charge is 0.303 e. The molecule has 1 saturated carbocycles. The number of phenolic OH excluding ortho intramolecular Hbond substituents is 1. The van der Waals surface area contributed by atoms with Crippen molar-refractivity contribution in [3.8, 4) is 22.8 Å². The summed E-state index contributed by atoms with van der Waals surface area (Å²) in [5, 5.41) is 25.4. The predicted octanol–water partition coefficient (Wildman–Crippen LogP) is 7.99. The number of carbonyl (C=O) groups is 1. The zero-order valence-electron chi connectivity index (χ0n) is 20.5. The molecular weight excluding hydrogens is 511 g/mol. The first-order valence-corrected chi connectivity index (χ1v) is 13.2. The lowest BCUT2D eigenvalue weighted by molar-refractivity contribution is -0.137. The molecule has 4 aromatic rings. The molecule has 1 atom stereocenters. The lowest BCUT2D eigenvalue weighted by Gasteiger charge is -2.13. The molecule has 3 aromatic carbocycles. The summed E-state index contributed by atoms with van der Waals surface area (Å²) < 4.78 is 8.17. The van der Waals surface area contributed by atoms with Crippen molar-refractivity contribution in [1.29, 1.82) is 0 Å². The van der Waals surface area contributed by atoms with Crippen LogP contribution in [0.2, 0.25) is 10.0 Å². The van der Waals surface area contributed by atoms with Gasteiger partial charge in [-0.1, -0.05) is 67.2 Å². The highest BCUT2D eigenvalue weighted by Crippen LogP contribution is 2.40. The quantitative estimate of drug-likeness (QED) is 0.237. The Morgan fingerprint density at radius 3 is 2.41 bits per heavy atom. The number of aromatic nitrogens is 2. The maximum atomic E-state index is 11.0. The van der Waals surface area contributed by atoms with E-state index < -0.39 is 5.97 Å². The van der Waals surface area contributed by atoms with Crippen molar-refractivity contribution in [1.82, 2.24) is 9.78 Å². The minimum absolute atomic E-state index is 0.0580. The standard InChI is InChI=1S/C29H28Cl2N2O4/c1-17(12-27(34)35)19-7-9-22(10-8-19)37-16-18-6-11-23-26(13-18)33(21-4-2-3-5-21)32-28(23)20-14-24(30)29(36)25(31)15-20/h6-11,13-15,17,21,36H,2-5,12,16H2,1H3,(H,34,35). The largest absolute Gasteiger partial charge is 0.505 e. The number of fused-ring (bicyclic) bond motifs is 1. The number of carboxylic acids is 1. The van der Waals surface area contributed by atoms with Crippen LogP contribution in [-0.4, -0.2) is 26.0 Å². The Labute approximate surface area is 225 Å². The summed E-state index contributed by atoms with van der Waals surface area (Å²) in [6.07, 6.45) is 4.63. The molecule has 37 heavy (non-hydrogen) atoms. The van der Waals surface area contributed by atoms with Gasteiger partial charge in [0.15, 0.2) is 5.75 Å². The molecule has 0 aliphatic heterocycles. The highest BCUT2D eigenvalue weighted by atomic mass is 35.5. The molecule has 1 heterocycles. The minimum Gasteiger partial charge on any atom is -0.505 e. The summed E-state index contributed by atoms with van der Waals surface area (Å²) in [7, 11) is 0. The zero-order valence-corrected chi connectivity index (χ0v) is 22.0. The van der Waals surface area contributed by atoms with E-state index in [-0.39, 0.29) is 28.1 Å². The number of hydrogen-bond donors (Lipinski definition) is 2. The molecular formula is C29H28Cl2N2O4. The molecule has 0 radical (unpaired) electrons. The van der Waals surface area contributed by atoms with Crippen LogP contribution in [0, 0.1) is 0 Å². The van der Waals surface area contributed by atoms with E-state index in [1.54, 1.807) is 12.1 Å². The average molecular weight is 539 g/mol. The number of benzene rings is 3. The summed E-state index contributed by atoms with van der Waals surface area (Å²) >= 11 is 12.4. The fourth-order valence-electron chi connectivity index (χ4n) is 5.05. The third-order valence-corrected chi connectivity index (χ3v) is 7.64. The van der Waals surface area contributed by atoms with E-state index >= 15 is 0 Å². The Kier molecular flexibility index (Phi) is 7.31. The van der Waals surface area contributed by atoms with Crippen molar-refractivity contribution in [2.75, 3.05) is 0 Å². The maximum absolute atomic E-state index is 11.0. The normalized spacial score (nSPS) is 14.8. The monoisotopic (exact) mass is 538 g/mol. The molecule has 2 N–H and O–H groups in total. The molecule has 1 aliphatic rings. The topological polar surface area (TPSA) is 84.6 Å². The minimum atomic E-state index is -0.806. The van der Waals surface area contributed by atoms with Gasteiger partial charge in [-0.05, 0) is 60.2 Å². The van der Waals surface area contributed by atoms with Gasteiger partial charge in [0.05, 0.1) is 28.0 Å². The number of carboxylic acid groups (broad SMARTS) is 1. The third-order valence-electron chi connectivity index (χ3n) is 7.07. The molecule has 1 unspecified atom stereocenters. The zero-order chi connectivity index (χ0) is 26.1. The molecule has 1 fully saturated rings. The Morgan fingerprint density at radius 1 is 1.08 bits per heavy atom. The molecule has 0 bridgehead atoms. The number of aliphatic carboxylic acids is 1. The van der Waals surface area contributed by atoms with E-state index in [0.29, 0.717) is 12.6 Å². The van der Waals surface area contributed by atoms with E-state index in [0.717, 1.165) is 51.9 Å². The van der Waals surface area contributed by atoms with E-state index in [2.05, 4.69) is 10.7 Å². The summed E-state index contributed by atoms with van der Waals surface area (Å²) in [6.45, 7) is 2.29. The van der Waals surface area contributed by atoms with E-state index in [1.807, 2.05) is 43.3 Å². The molecule has 6 nitrogen and oxygen atoms in total. The molecule has 0 saturated heterocycles. The molecule has 1 aromatic heterocycles. The van der Waals surface area contributed by atoms with Crippen molar-refractivity contribution >= 4 is 40.1 Å². The van der Waals surface area contributed by atoms with Gasteiger partial charge in [-0.25, -0.2) is 0 Å². The number of rotatable bonds is 8. The summed E-state index contributed by atoms with van der Waals surface area (Å²) in [6, 6.07) is 17.5. The second kappa shape index (κ2) is 10.6. The SMILES string of the molecule is CC(CC(=O)O)c1ccc(OCc2ccc3c(-c4cc(Cl)c(O)c(Cl)c4)nn(C4CCCC4)c3c2)cc1. The van der Waals surface area contributed by atoms with E-state index in [4.69, 9.17) is 38.1 Å². The Hall–Kier alpha value is -3.22. The predicted molar refractivity (Wildman–Crippen MR) is 146 cm³/mol. The first-order valence-electron chi connectivity index (χ1n) is 12.4. The lowest BCUT2D eigenvalue weighted by Crippen LogP contribution is -2.06. The van der Waals surface area contributed by atoms with Gasteiger partial charge in [0.25, 0.3) is 0 Å². The van der Waals surface area contributed by atoms with Crippen molar-refractivity contribution in [2.45, 2.75) is 57.6 Å². The Bertz CT molecular complexity index is 1420. The average Bonchev–Trinajstić information content (AvgIpc) is 3.53. The number of halogens is 2. The highest BCUT2D eigenvalue weighted by molar-refractivity contribution is 6.37. The number of nitrogens with zero attached hydrogens (tertiary/aromatic N) is 2. The van der Waals surface area contributed by atoms with Crippen molar-refractivity contribution < 1.29 is 19.7 Å². The maximum Gasteiger partial charge on any atom is 0.303 e. The third kappa shape index (κ3) is 5.41. The van der Waals surface area contributed by atoms with Crippen molar-refractivity contribution in [2.24, 2.45) is 0 Å². The highest BCUT2D eigenvalue weighted by Gasteiger charge is 2.23. The van der Waals surface area contributed by atoms with Gasteiger partial charge in [-0.15, -0.1) is 0 Å². The first kappa shape index (κ1) is 25.4. The van der Waals surface area contributed by atoms with Crippen LogP contribution >= 0.6 is 23.2 Å². The van der Waals surface area contributed by atoms with Gasteiger partial charge < -0.3 is 14.9 Å². The summed E-state index contributed by atoms with van der Waals surface area (Å²) in [5.41, 5.74) is 4.56. The van der Waals surface area contributed by atoms with Crippen LogP contribution in [0.5, 0.6) is 11.5 Å².